The Bertz CT molecular complexity index is 209. The molecule has 1 aliphatic rings. The largest absolute Gasteiger partial charge is 0.355 e. The van der Waals surface area contributed by atoms with Gasteiger partial charge in [0.25, 0.3) is 0 Å². The number of hydrazine groups is 1. The molecule has 0 aromatic carbocycles. The summed E-state index contributed by atoms with van der Waals surface area (Å²) in [6, 6.07) is 0. The van der Waals surface area contributed by atoms with Crippen molar-refractivity contribution in [2.45, 2.75) is 58.3 Å². The Kier molecular flexibility index (Phi) is 7.80. The number of aliphatic imine (C=N–C) groups is 1. The summed E-state index contributed by atoms with van der Waals surface area (Å²) in [5, 5.41) is 3.29. The molecular weight excluding hydrogens is 212 g/mol. The number of hydrogen-bond acceptors (Lipinski definition) is 2. The Hall–Kier alpha value is -0.770. The van der Waals surface area contributed by atoms with Gasteiger partial charge >= 0.3 is 0 Å². The van der Waals surface area contributed by atoms with Gasteiger partial charge in [0.05, 0.1) is 0 Å². The molecule has 0 aromatic rings. The Labute approximate surface area is 105 Å². The minimum atomic E-state index is 0.745. The van der Waals surface area contributed by atoms with Crippen LogP contribution >= 0.6 is 0 Å². The third kappa shape index (κ3) is 6.51. The zero-order valence-electron chi connectivity index (χ0n) is 11.2. The van der Waals surface area contributed by atoms with Gasteiger partial charge in [-0.2, -0.15) is 0 Å². The number of nitrogens with zero attached hydrogens (tertiary/aromatic N) is 1. The van der Waals surface area contributed by atoms with Gasteiger partial charge in [-0.3, -0.25) is 10.4 Å². The monoisotopic (exact) mass is 240 g/mol. The van der Waals surface area contributed by atoms with E-state index in [1.165, 1.54) is 44.9 Å². The van der Waals surface area contributed by atoms with Crippen LogP contribution in [0.25, 0.3) is 0 Å². The van der Waals surface area contributed by atoms with Gasteiger partial charge in [-0.1, -0.05) is 45.4 Å². The zero-order valence-corrected chi connectivity index (χ0v) is 11.2. The minimum Gasteiger partial charge on any atom is -0.355 e. The van der Waals surface area contributed by atoms with Crippen LogP contribution in [0.4, 0.5) is 0 Å². The van der Waals surface area contributed by atoms with E-state index >= 15 is 0 Å². The topological polar surface area (TPSA) is 62.4 Å². The molecule has 0 saturated heterocycles. The summed E-state index contributed by atoms with van der Waals surface area (Å²) in [7, 11) is 0. The summed E-state index contributed by atoms with van der Waals surface area (Å²) < 4.78 is 0. The van der Waals surface area contributed by atoms with E-state index in [4.69, 9.17) is 5.84 Å². The van der Waals surface area contributed by atoms with Crippen LogP contribution in [-0.4, -0.2) is 19.0 Å². The van der Waals surface area contributed by atoms with Crippen molar-refractivity contribution in [1.29, 1.82) is 0 Å². The predicted molar refractivity (Wildman–Crippen MR) is 73.7 cm³/mol. The highest BCUT2D eigenvalue weighted by Crippen LogP contribution is 2.25. The van der Waals surface area contributed by atoms with E-state index in [1.807, 2.05) is 0 Å². The predicted octanol–water partition coefficient (Wildman–Crippen LogP) is 2.17. The van der Waals surface area contributed by atoms with Crippen LogP contribution in [0.2, 0.25) is 0 Å². The quantitative estimate of drug-likeness (QED) is 0.219. The van der Waals surface area contributed by atoms with Crippen molar-refractivity contribution >= 4 is 5.96 Å². The molecule has 0 unspecified atom stereocenters. The van der Waals surface area contributed by atoms with Crippen molar-refractivity contribution in [1.82, 2.24) is 10.7 Å². The van der Waals surface area contributed by atoms with Crippen molar-refractivity contribution < 1.29 is 0 Å². The Morgan fingerprint density at radius 3 is 2.71 bits per heavy atom. The first kappa shape index (κ1) is 14.3. The van der Waals surface area contributed by atoms with Crippen LogP contribution in [0.1, 0.15) is 58.3 Å². The first-order valence-electron chi connectivity index (χ1n) is 7.11. The Morgan fingerprint density at radius 1 is 1.29 bits per heavy atom. The smallest absolute Gasteiger partial charge is 0.205 e. The van der Waals surface area contributed by atoms with Gasteiger partial charge in [0, 0.05) is 13.1 Å². The molecular formula is C13H28N4. The molecule has 4 nitrogen and oxygen atoms in total. The van der Waals surface area contributed by atoms with Crippen LogP contribution in [0.15, 0.2) is 4.99 Å². The fourth-order valence-electron chi connectivity index (χ4n) is 2.37. The standard InChI is InChI=1S/C13H28N4/c1-2-3-10-15-13(17-14)16-11-9-12-7-5-4-6-8-12/h12H,2-11,14H2,1H3,(H2,15,16,17). The maximum atomic E-state index is 5.43. The average Bonchev–Trinajstić information content (AvgIpc) is 2.38. The lowest BCUT2D eigenvalue weighted by molar-refractivity contribution is 0.339. The van der Waals surface area contributed by atoms with Crippen LogP contribution in [-0.2, 0) is 0 Å². The molecule has 0 atom stereocenters. The van der Waals surface area contributed by atoms with Crippen LogP contribution < -0.4 is 16.6 Å². The van der Waals surface area contributed by atoms with Crippen LogP contribution in [0, 0.1) is 5.92 Å². The minimum absolute atomic E-state index is 0.745. The molecule has 1 aliphatic carbocycles. The molecule has 0 spiro atoms. The van der Waals surface area contributed by atoms with Gasteiger partial charge in [-0.25, -0.2) is 5.84 Å². The SMILES string of the molecule is CCCCN=C(NN)NCCC1CCCCC1. The number of rotatable bonds is 6. The lowest BCUT2D eigenvalue weighted by atomic mass is 9.87. The normalized spacial score (nSPS) is 18.1. The van der Waals surface area contributed by atoms with Crippen LogP contribution in [0.5, 0.6) is 0 Å². The van der Waals surface area contributed by atoms with E-state index in [-0.39, 0.29) is 0 Å². The van der Waals surface area contributed by atoms with Gasteiger partial charge in [0.1, 0.15) is 0 Å². The van der Waals surface area contributed by atoms with Crippen molar-refractivity contribution in [2.24, 2.45) is 16.8 Å². The second-order valence-electron chi connectivity index (χ2n) is 4.95. The number of nitrogens with two attached hydrogens (primary N) is 1. The van der Waals surface area contributed by atoms with Crippen molar-refractivity contribution in [3.8, 4) is 0 Å². The fraction of sp³-hybridized carbons (Fsp3) is 0.923. The molecule has 0 aromatic heterocycles. The van der Waals surface area contributed by atoms with Gasteiger partial charge in [-0.05, 0) is 18.8 Å². The molecule has 0 bridgehead atoms. The maximum absolute atomic E-state index is 5.43. The van der Waals surface area contributed by atoms with Gasteiger partial charge in [-0.15, -0.1) is 0 Å². The van der Waals surface area contributed by atoms with Crippen molar-refractivity contribution in [3.63, 3.8) is 0 Å². The van der Waals surface area contributed by atoms with E-state index in [1.54, 1.807) is 0 Å². The molecule has 4 heteroatoms. The van der Waals surface area contributed by atoms with E-state index in [0.717, 1.165) is 31.4 Å². The summed E-state index contributed by atoms with van der Waals surface area (Å²) in [6.07, 6.45) is 10.6. The molecule has 0 aliphatic heterocycles. The molecule has 1 fully saturated rings. The van der Waals surface area contributed by atoms with Gasteiger partial charge < -0.3 is 5.32 Å². The summed E-state index contributed by atoms with van der Waals surface area (Å²) in [5.41, 5.74) is 2.64. The average molecular weight is 240 g/mol. The molecule has 1 rings (SSSR count). The van der Waals surface area contributed by atoms with Gasteiger partial charge in [0.15, 0.2) is 0 Å². The van der Waals surface area contributed by atoms with Crippen LogP contribution in [0.3, 0.4) is 0 Å². The van der Waals surface area contributed by atoms with E-state index < -0.39 is 0 Å². The first-order chi connectivity index (χ1) is 8.36. The van der Waals surface area contributed by atoms with E-state index in [9.17, 15) is 0 Å². The summed E-state index contributed by atoms with van der Waals surface area (Å²) in [4.78, 5) is 4.38. The summed E-state index contributed by atoms with van der Waals surface area (Å²) >= 11 is 0. The number of guanidine groups is 1. The highest BCUT2D eigenvalue weighted by Gasteiger charge is 2.12. The molecule has 0 heterocycles. The fourth-order valence-corrected chi connectivity index (χ4v) is 2.37. The first-order valence-corrected chi connectivity index (χ1v) is 7.11. The van der Waals surface area contributed by atoms with E-state index in [0.29, 0.717) is 0 Å². The lowest BCUT2D eigenvalue weighted by Crippen LogP contribution is -2.42. The van der Waals surface area contributed by atoms with Crippen molar-refractivity contribution in [3.05, 3.63) is 0 Å². The Balaban J connectivity index is 2.11. The third-order valence-electron chi connectivity index (χ3n) is 3.49. The zero-order chi connectivity index (χ0) is 12.3. The second kappa shape index (κ2) is 9.28. The number of hydrogen-bond donors (Lipinski definition) is 3. The van der Waals surface area contributed by atoms with Crippen molar-refractivity contribution in [2.75, 3.05) is 13.1 Å². The highest BCUT2D eigenvalue weighted by atomic mass is 15.3. The summed E-state index contributed by atoms with van der Waals surface area (Å²) in [6.45, 7) is 4.01. The number of nitrogens with one attached hydrogen (secondary N) is 2. The summed E-state index contributed by atoms with van der Waals surface area (Å²) in [5.74, 6) is 7.08. The Morgan fingerprint density at radius 2 is 2.06 bits per heavy atom. The number of unbranched alkanes of at least 4 members (excludes halogenated alkanes) is 1. The highest BCUT2D eigenvalue weighted by molar-refractivity contribution is 5.79. The maximum Gasteiger partial charge on any atom is 0.205 e. The van der Waals surface area contributed by atoms with E-state index in [2.05, 4.69) is 22.7 Å². The molecule has 1 saturated carbocycles. The molecule has 4 N–H and O–H groups in total. The van der Waals surface area contributed by atoms with Gasteiger partial charge in [0.2, 0.25) is 5.96 Å². The molecule has 0 radical (unpaired) electrons. The molecule has 17 heavy (non-hydrogen) atoms. The lowest BCUT2D eigenvalue weighted by Gasteiger charge is -2.21. The molecule has 0 amide bonds. The third-order valence-corrected chi connectivity index (χ3v) is 3.49. The molecule has 100 valence electrons. The second-order valence-corrected chi connectivity index (χ2v) is 4.95.